The molecule has 0 saturated heterocycles. The number of allylic oxidation sites excluding steroid dienone is 1. The van der Waals surface area contributed by atoms with Crippen molar-refractivity contribution in [3.05, 3.63) is 68.8 Å². The molecule has 170 valence electrons. The Bertz CT molecular complexity index is 1070. The first kappa shape index (κ1) is 23.8. The number of hydrogen-bond donors (Lipinski definition) is 2. The summed E-state index contributed by atoms with van der Waals surface area (Å²) in [6.07, 6.45) is -0.304. The molecule has 1 aliphatic heterocycles. The lowest BCUT2D eigenvalue weighted by atomic mass is 9.95. The predicted molar refractivity (Wildman–Crippen MR) is 122 cm³/mol. The fourth-order valence-corrected chi connectivity index (χ4v) is 3.59. The van der Waals surface area contributed by atoms with Crippen LogP contribution in [0.25, 0.3) is 0 Å². The van der Waals surface area contributed by atoms with E-state index in [0.717, 1.165) is 5.56 Å². The zero-order valence-corrected chi connectivity index (χ0v) is 19.6. The van der Waals surface area contributed by atoms with Crippen molar-refractivity contribution >= 4 is 35.2 Å². The highest BCUT2D eigenvalue weighted by Crippen LogP contribution is 2.35. The van der Waals surface area contributed by atoms with E-state index in [1.165, 1.54) is 7.11 Å². The van der Waals surface area contributed by atoms with Gasteiger partial charge >= 0.3 is 12.0 Å². The van der Waals surface area contributed by atoms with E-state index in [0.29, 0.717) is 38.4 Å². The Morgan fingerprint density at radius 1 is 1.09 bits per heavy atom. The number of ether oxygens (including phenoxy) is 3. The summed E-state index contributed by atoms with van der Waals surface area (Å²) in [6, 6.07) is 9.30. The molecule has 2 aromatic carbocycles. The number of benzene rings is 2. The van der Waals surface area contributed by atoms with Gasteiger partial charge in [-0.3, -0.25) is 0 Å². The Morgan fingerprint density at radius 3 is 2.50 bits per heavy atom. The van der Waals surface area contributed by atoms with Crippen LogP contribution < -0.4 is 20.1 Å². The van der Waals surface area contributed by atoms with Crippen molar-refractivity contribution < 1.29 is 23.8 Å². The molecule has 1 atom stereocenters. The van der Waals surface area contributed by atoms with Crippen LogP contribution in [0, 0.1) is 0 Å². The molecule has 2 aromatic rings. The van der Waals surface area contributed by atoms with E-state index in [1.54, 1.807) is 51.1 Å². The van der Waals surface area contributed by atoms with Crippen LogP contribution in [0.5, 0.6) is 11.5 Å². The van der Waals surface area contributed by atoms with E-state index in [1.807, 2.05) is 6.07 Å². The Hall–Kier alpha value is -2.90. The van der Waals surface area contributed by atoms with Gasteiger partial charge in [0, 0.05) is 5.70 Å². The molecule has 0 aromatic heterocycles. The molecule has 0 saturated carbocycles. The lowest BCUT2D eigenvalue weighted by Gasteiger charge is -2.29. The minimum Gasteiger partial charge on any atom is -0.493 e. The van der Waals surface area contributed by atoms with Crippen molar-refractivity contribution in [2.75, 3.05) is 7.11 Å². The van der Waals surface area contributed by atoms with Crippen molar-refractivity contribution in [1.29, 1.82) is 0 Å². The van der Waals surface area contributed by atoms with Crippen LogP contribution in [0.3, 0.4) is 0 Å². The van der Waals surface area contributed by atoms with Crippen molar-refractivity contribution in [3.8, 4) is 11.5 Å². The fraction of sp³-hybridized carbons (Fsp3) is 0.304. The molecule has 9 heteroatoms. The average molecular weight is 479 g/mol. The molecule has 0 bridgehead atoms. The molecule has 7 nitrogen and oxygen atoms in total. The highest BCUT2D eigenvalue weighted by molar-refractivity contribution is 6.42. The highest BCUT2D eigenvalue weighted by atomic mass is 35.5. The number of methoxy groups -OCH3 is 1. The highest BCUT2D eigenvalue weighted by Gasteiger charge is 2.33. The van der Waals surface area contributed by atoms with E-state index in [9.17, 15) is 9.59 Å². The van der Waals surface area contributed by atoms with Crippen LogP contribution in [-0.4, -0.2) is 25.2 Å². The normalized spacial score (nSPS) is 15.8. The summed E-state index contributed by atoms with van der Waals surface area (Å²) in [5.41, 5.74) is 2.20. The Labute approximate surface area is 196 Å². The molecule has 0 radical (unpaired) electrons. The van der Waals surface area contributed by atoms with Gasteiger partial charge < -0.3 is 24.8 Å². The van der Waals surface area contributed by atoms with Crippen LogP contribution in [0.15, 0.2) is 47.7 Å². The maximum Gasteiger partial charge on any atom is 0.338 e. The second-order valence-corrected chi connectivity index (χ2v) is 8.29. The Morgan fingerprint density at radius 2 is 1.84 bits per heavy atom. The van der Waals surface area contributed by atoms with Gasteiger partial charge in [-0.2, -0.15) is 0 Å². The molecule has 1 unspecified atom stereocenters. The molecule has 1 heterocycles. The second-order valence-electron chi connectivity index (χ2n) is 7.47. The molecule has 0 fully saturated rings. The number of esters is 1. The van der Waals surface area contributed by atoms with E-state index >= 15 is 0 Å². The maximum absolute atomic E-state index is 12.7. The van der Waals surface area contributed by atoms with Gasteiger partial charge in [0.1, 0.15) is 6.61 Å². The van der Waals surface area contributed by atoms with E-state index in [4.69, 9.17) is 37.4 Å². The first-order valence-electron chi connectivity index (χ1n) is 9.93. The topological polar surface area (TPSA) is 85.9 Å². The molecular weight excluding hydrogens is 455 g/mol. The number of halogens is 2. The second kappa shape index (κ2) is 10.1. The SMILES string of the molecule is COc1ccc(C2NC(=O)NC(C)=C2C(=O)OC(C)C)cc1OCc1ccc(Cl)c(Cl)c1. The van der Waals surface area contributed by atoms with E-state index in [-0.39, 0.29) is 12.7 Å². The lowest BCUT2D eigenvalue weighted by Crippen LogP contribution is -2.45. The van der Waals surface area contributed by atoms with Gasteiger partial charge in [0.2, 0.25) is 0 Å². The number of carbonyl (C=O) groups is 2. The quantitative estimate of drug-likeness (QED) is 0.536. The third kappa shape index (κ3) is 5.47. The van der Waals surface area contributed by atoms with Gasteiger partial charge in [-0.05, 0) is 56.2 Å². The zero-order chi connectivity index (χ0) is 23.4. The molecule has 32 heavy (non-hydrogen) atoms. The van der Waals surface area contributed by atoms with Crippen molar-refractivity contribution in [1.82, 2.24) is 10.6 Å². The first-order valence-corrected chi connectivity index (χ1v) is 10.7. The third-order valence-electron chi connectivity index (χ3n) is 4.73. The lowest BCUT2D eigenvalue weighted by molar-refractivity contribution is -0.143. The molecule has 3 rings (SSSR count). The summed E-state index contributed by atoms with van der Waals surface area (Å²) in [4.78, 5) is 24.9. The van der Waals surface area contributed by atoms with E-state index in [2.05, 4.69) is 10.6 Å². The van der Waals surface area contributed by atoms with Crippen LogP contribution in [0.1, 0.15) is 37.9 Å². The van der Waals surface area contributed by atoms with Crippen LogP contribution in [-0.2, 0) is 16.1 Å². The molecular formula is C23H24Cl2N2O5. The minimum atomic E-state index is -0.715. The van der Waals surface area contributed by atoms with Crippen molar-refractivity contribution in [2.45, 2.75) is 39.5 Å². The average Bonchev–Trinajstić information content (AvgIpc) is 2.73. The zero-order valence-electron chi connectivity index (χ0n) is 18.1. The number of hydrogen-bond acceptors (Lipinski definition) is 5. The molecule has 1 aliphatic rings. The third-order valence-corrected chi connectivity index (χ3v) is 5.47. The standard InChI is InChI=1S/C23H24Cl2N2O5/c1-12(2)32-22(28)20-13(3)26-23(29)27-21(20)15-6-8-18(30-4)19(10-15)31-11-14-5-7-16(24)17(25)9-14/h5-10,12,21H,11H2,1-4H3,(H2,26,27,29). The Kier molecular flexibility index (Phi) is 7.53. The molecule has 0 aliphatic carbocycles. The van der Waals surface area contributed by atoms with Gasteiger partial charge in [0.05, 0.1) is 34.9 Å². The number of amides is 2. The first-order chi connectivity index (χ1) is 15.2. The summed E-state index contributed by atoms with van der Waals surface area (Å²) in [7, 11) is 1.53. The summed E-state index contributed by atoms with van der Waals surface area (Å²) in [5, 5.41) is 6.30. The largest absolute Gasteiger partial charge is 0.493 e. The van der Waals surface area contributed by atoms with Gasteiger partial charge in [-0.1, -0.05) is 35.3 Å². The van der Waals surface area contributed by atoms with E-state index < -0.39 is 18.0 Å². The summed E-state index contributed by atoms with van der Waals surface area (Å²) in [6.45, 7) is 5.40. The molecule has 0 spiro atoms. The van der Waals surface area contributed by atoms with Crippen LogP contribution in [0.2, 0.25) is 10.0 Å². The minimum absolute atomic E-state index is 0.215. The smallest absolute Gasteiger partial charge is 0.338 e. The number of nitrogens with one attached hydrogen (secondary N) is 2. The van der Waals surface area contributed by atoms with Crippen LogP contribution in [0.4, 0.5) is 4.79 Å². The fourth-order valence-electron chi connectivity index (χ4n) is 3.27. The summed E-state index contributed by atoms with van der Waals surface area (Å²) in [5.74, 6) is 0.434. The van der Waals surface area contributed by atoms with Gasteiger partial charge in [-0.15, -0.1) is 0 Å². The summed E-state index contributed by atoms with van der Waals surface area (Å²) < 4.78 is 16.8. The van der Waals surface area contributed by atoms with Gasteiger partial charge in [0.15, 0.2) is 11.5 Å². The summed E-state index contributed by atoms with van der Waals surface area (Å²) >= 11 is 12.1. The van der Waals surface area contributed by atoms with Gasteiger partial charge in [0.25, 0.3) is 0 Å². The number of rotatable bonds is 7. The maximum atomic E-state index is 12.7. The Balaban J connectivity index is 1.92. The van der Waals surface area contributed by atoms with Crippen molar-refractivity contribution in [2.24, 2.45) is 0 Å². The van der Waals surface area contributed by atoms with Gasteiger partial charge in [-0.25, -0.2) is 9.59 Å². The molecule has 2 amide bonds. The number of urea groups is 1. The van der Waals surface area contributed by atoms with Crippen molar-refractivity contribution in [3.63, 3.8) is 0 Å². The van der Waals surface area contributed by atoms with Crippen LogP contribution >= 0.6 is 23.2 Å². The monoisotopic (exact) mass is 478 g/mol. The molecule has 2 N–H and O–H groups in total. The number of carbonyl (C=O) groups excluding carboxylic acids is 2. The predicted octanol–water partition coefficient (Wildman–Crippen LogP) is 5.16.